The summed E-state index contributed by atoms with van der Waals surface area (Å²) in [4.78, 5) is 25.2. The lowest BCUT2D eigenvalue weighted by molar-refractivity contribution is 0.0935. The van der Waals surface area contributed by atoms with Crippen molar-refractivity contribution in [2.75, 3.05) is 13.2 Å². The van der Waals surface area contributed by atoms with Crippen molar-refractivity contribution >= 4 is 11.9 Å². The number of hydrogen-bond donors (Lipinski definition) is 0. The number of cyclic esters (lactones) is 1. The molecule has 1 heterocycles. The summed E-state index contributed by atoms with van der Waals surface area (Å²) in [6.07, 6.45) is 0.811. The topological polar surface area (TPSA) is 46.6 Å². The number of carbonyl (C=O) groups is 2. The molecule has 0 spiro atoms. The van der Waals surface area contributed by atoms with Crippen LogP contribution in [0.5, 0.6) is 0 Å². The first-order chi connectivity index (χ1) is 8.72. The summed E-state index contributed by atoms with van der Waals surface area (Å²) in [5, 5.41) is 0. The molecule has 2 rings (SSSR count). The van der Waals surface area contributed by atoms with Crippen LogP contribution in [0.1, 0.15) is 30.1 Å². The second-order valence-electron chi connectivity index (χ2n) is 4.36. The van der Waals surface area contributed by atoms with Gasteiger partial charge in [-0.05, 0) is 6.42 Å². The van der Waals surface area contributed by atoms with Crippen LogP contribution in [0.2, 0.25) is 0 Å². The van der Waals surface area contributed by atoms with Crippen LogP contribution in [-0.4, -0.2) is 36.0 Å². The molecule has 96 valence electrons. The van der Waals surface area contributed by atoms with E-state index in [4.69, 9.17) is 4.74 Å². The van der Waals surface area contributed by atoms with Crippen molar-refractivity contribution in [3.05, 3.63) is 35.9 Å². The predicted octanol–water partition coefficient (Wildman–Crippen LogP) is 2.49. The van der Waals surface area contributed by atoms with Gasteiger partial charge in [-0.2, -0.15) is 0 Å². The van der Waals surface area contributed by atoms with E-state index in [1.165, 1.54) is 0 Å². The molecular weight excluding hydrogens is 230 g/mol. The molecule has 18 heavy (non-hydrogen) atoms. The molecule has 1 aliphatic heterocycles. The molecule has 0 saturated carbocycles. The van der Waals surface area contributed by atoms with Crippen molar-refractivity contribution in [3.63, 3.8) is 0 Å². The van der Waals surface area contributed by atoms with Crippen LogP contribution in [0.3, 0.4) is 0 Å². The van der Waals surface area contributed by atoms with Gasteiger partial charge in [-0.25, -0.2) is 4.79 Å². The number of ketones is 1. The third kappa shape index (κ3) is 2.70. The predicted molar refractivity (Wildman–Crippen MR) is 67.5 cm³/mol. The molecule has 1 atom stereocenters. The normalized spacial score (nSPS) is 16.5. The Hall–Kier alpha value is -1.84. The lowest BCUT2D eigenvalue weighted by Gasteiger charge is -2.23. The monoisotopic (exact) mass is 247 g/mol. The molecule has 4 heteroatoms. The van der Waals surface area contributed by atoms with E-state index in [-0.39, 0.29) is 17.9 Å². The van der Waals surface area contributed by atoms with Crippen molar-refractivity contribution in [2.24, 2.45) is 0 Å². The first-order valence-corrected chi connectivity index (χ1v) is 6.24. The number of rotatable bonds is 5. The van der Waals surface area contributed by atoms with Crippen LogP contribution in [0.4, 0.5) is 4.79 Å². The molecule has 0 bridgehead atoms. The molecular formula is C14H17NO3. The SMILES string of the molecule is CCC(CC(=O)c1ccccc1)N1CCOC1=O. The van der Waals surface area contributed by atoms with Gasteiger partial charge < -0.3 is 9.64 Å². The maximum absolute atomic E-state index is 12.1. The van der Waals surface area contributed by atoms with E-state index in [1.54, 1.807) is 17.0 Å². The van der Waals surface area contributed by atoms with Gasteiger partial charge in [0.15, 0.2) is 5.78 Å². The largest absolute Gasteiger partial charge is 0.448 e. The first-order valence-electron chi connectivity index (χ1n) is 6.24. The third-order valence-electron chi connectivity index (χ3n) is 3.22. The summed E-state index contributed by atoms with van der Waals surface area (Å²) in [6, 6.07) is 9.12. The quantitative estimate of drug-likeness (QED) is 0.751. The van der Waals surface area contributed by atoms with Crippen molar-refractivity contribution in [2.45, 2.75) is 25.8 Å². The Morgan fingerprint density at radius 2 is 2.11 bits per heavy atom. The van der Waals surface area contributed by atoms with E-state index in [1.807, 2.05) is 25.1 Å². The second kappa shape index (κ2) is 5.67. The van der Waals surface area contributed by atoms with E-state index >= 15 is 0 Å². The molecule has 1 saturated heterocycles. The highest BCUT2D eigenvalue weighted by atomic mass is 16.6. The average molecular weight is 247 g/mol. The Bertz CT molecular complexity index is 430. The van der Waals surface area contributed by atoms with Crippen LogP contribution in [0, 0.1) is 0 Å². The number of amides is 1. The van der Waals surface area contributed by atoms with E-state index in [2.05, 4.69) is 0 Å². The van der Waals surface area contributed by atoms with Crippen LogP contribution in [0.15, 0.2) is 30.3 Å². The molecule has 0 N–H and O–H groups in total. The fraction of sp³-hybridized carbons (Fsp3) is 0.429. The number of hydrogen-bond acceptors (Lipinski definition) is 3. The highest BCUT2D eigenvalue weighted by Gasteiger charge is 2.30. The Balaban J connectivity index is 2.02. The molecule has 1 aromatic rings. The number of Topliss-reactive ketones (excluding diaryl/α,β-unsaturated/α-hetero) is 1. The molecule has 1 unspecified atom stereocenters. The number of ether oxygens (including phenoxy) is 1. The Morgan fingerprint density at radius 1 is 1.39 bits per heavy atom. The molecule has 1 aliphatic rings. The van der Waals surface area contributed by atoms with E-state index in [9.17, 15) is 9.59 Å². The molecule has 0 aliphatic carbocycles. The Morgan fingerprint density at radius 3 is 2.67 bits per heavy atom. The number of benzene rings is 1. The second-order valence-corrected chi connectivity index (χ2v) is 4.36. The molecule has 0 radical (unpaired) electrons. The summed E-state index contributed by atoms with van der Waals surface area (Å²) < 4.78 is 4.91. The van der Waals surface area contributed by atoms with Gasteiger partial charge in [-0.1, -0.05) is 37.3 Å². The molecule has 1 amide bonds. The zero-order chi connectivity index (χ0) is 13.0. The van der Waals surface area contributed by atoms with Crippen molar-refractivity contribution in [1.82, 2.24) is 4.90 Å². The lowest BCUT2D eigenvalue weighted by Crippen LogP contribution is -2.37. The molecule has 4 nitrogen and oxygen atoms in total. The molecule has 0 aromatic heterocycles. The van der Waals surface area contributed by atoms with Crippen LogP contribution >= 0.6 is 0 Å². The smallest absolute Gasteiger partial charge is 0.410 e. The third-order valence-corrected chi connectivity index (χ3v) is 3.22. The standard InChI is InChI=1S/C14H17NO3/c1-2-12(15-8-9-18-14(15)17)10-13(16)11-6-4-3-5-7-11/h3-7,12H,2,8-10H2,1H3. The van der Waals surface area contributed by atoms with Crippen LogP contribution < -0.4 is 0 Å². The van der Waals surface area contributed by atoms with Gasteiger partial charge in [0.25, 0.3) is 0 Å². The van der Waals surface area contributed by atoms with Gasteiger partial charge in [-0.3, -0.25) is 4.79 Å². The van der Waals surface area contributed by atoms with Gasteiger partial charge in [0.1, 0.15) is 6.61 Å². The van der Waals surface area contributed by atoms with Gasteiger partial charge in [-0.15, -0.1) is 0 Å². The van der Waals surface area contributed by atoms with E-state index in [0.717, 1.165) is 6.42 Å². The Kier molecular flexibility index (Phi) is 3.97. The fourth-order valence-corrected chi connectivity index (χ4v) is 2.17. The maximum Gasteiger partial charge on any atom is 0.410 e. The summed E-state index contributed by atoms with van der Waals surface area (Å²) in [5.74, 6) is 0.0714. The Labute approximate surface area is 107 Å². The van der Waals surface area contributed by atoms with Gasteiger partial charge in [0.2, 0.25) is 0 Å². The van der Waals surface area contributed by atoms with Gasteiger partial charge in [0.05, 0.1) is 6.54 Å². The summed E-state index contributed by atoms with van der Waals surface area (Å²) in [5.41, 5.74) is 0.698. The zero-order valence-electron chi connectivity index (χ0n) is 10.5. The maximum atomic E-state index is 12.1. The lowest BCUT2D eigenvalue weighted by atomic mass is 10.0. The summed E-state index contributed by atoms with van der Waals surface area (Å²) in [6.45, 7) is 2.99. The highest BCUT2D eigenvalue weighted by molar-refractivity contribution is 5.96. The molecule has 1 aromatic carbocycles. The minimum Gasteiger partial charge on any atom is -0.448 e. The van der Waals surface area contributed by atoms with E-state index < -0.39 is 0 Å². The minimum absolute atomic E-state index is 0.0623. The minimum atomic E-state index is -0.303. The van der Waals surface area contributed by atoms with Crippen LogP contribution in [0.25, 0.3) is 0 Å². The average Bonchev–Trinajstić information content (AvgIpc) is 2.83. The first kappa shape index (κ1) is 12.6. The zero-order valence-corrected chi connectivity index (χ0v) is 10.5. The van der Waals surface area contributed by atoms with Crippen molar-refractivity contribution < 1.29 is 14.3 Å². The van der Waals surface area contributed by atoms with Crippen molar-refractivity contribution in [3.8, 4) is 0 Å². The number of carbonyl (C=O) groups excluding carboxylic acids is 2. The number of nitrogens with zero attached hydrogens (tertiary/aromatic N) is 1. The highest BCUT2D eigenvalue weighted by Crippen LogP contribution is 2.17. The van der Waals surface area contributed by atoms with Gasteiger partial charge >= 0.3 is 6.09 Å². The molecule has 1 fully saturated rings. The van der Waals surface area contributed by atoms with E-state index in [0.29, 0.717) is 25.1 Å². The summed E-state index contributed by atoms with van der Waals surface area (Å²) in [7, 11) is 0. The fourth-order valence-electron chi connectivity index (χ4n) is 2.17. The van der Waals surface area contributed by atoms with Crippen LogP contribution in [-0.2, 0) is 4.74 Å². The van der Waals surface area contributed by atoms with Crippen molar-refractivity contribution in [1.29, 1.82) is 0 Å². The van der Waals surface area contributed by atoms with Gasteiger partial charge in [0, 0.05) is 18.0 Å². The summed E-state index contributed by atoms with van der Waals surface area (Å²) >= 11 is 0.